The van der Waals surface area contributed by atoms with Crippen molar-refractivity contribution in [3.05, 3.63) is 291 Å². The maximum absolute atomic E-state index is 6.58. The zero-order valence-electron chi connectivity index (χ0n) is 41.0. The van der Waals surface area contributed by atoms with Crippen LogP contribution in [0.25, 0.3) is 116 Å². The molecule has 75 heavy (non-hydrogen) atoms. The van der Waals surface area contributed by atoms with Crippen LogP contribution in [0, 0.1) is 0 Å². The summed E-state index contributed by atoms with van der Waals surface area (Å²) in [6.07, 6.45) is 0. The highest BCUT2D eigenvalue weighted by atomic mass is 16.3. The van der Waals surface area contributed by atoms with Crippen LogP contribution in [-0.4, -0.2) is 4.57 Å². The van der Waals surface area contributed by atoms with Crippen molar-refractivity contribution in [2.45, 2.75) is 0 Å². The van der Waals surface area contributed by atoms with Crippen LogP contribution in [0.4, 0.5) is 17.1 Å². The molecule has 0 radical (unpaired) electrons. The summed E-state index contributed by atoms with van der Waals surface area (Å²) >= 11 is 0. The van der Waals surface area contributed by atoms with Gasteiger partial charge in [-0.25, -0.2) is 0 Å². The van der Waals surface area contributed by atoms with Gasteiger partial charge in [0.05, 0.1) is 16.7 Å². The fourth-order valence-corrected chi connectivity index (χ4v) is 11.1. The first-order valence-corrected chi connectivity index (χ1v) is 25.6. The van der Waals surface area contributed by atoms with Gasteiger partial charge in [-0.2, -0.15) is 0 Å². The number of para-hydroxylation sites is 3. The quantitative estimate of drug-likeness (QED) is 0.136. The number of benzene rings is 12. The SMILES string of the molecule is c1ccc(-c2ccc(N(c3ccc(-c4ccccc4)cc3)c3ccc(-c4ccc(-c5ccccc5-n5c6ccc(-c7ccccc7)cc6c6ccc(-c7cccc8c7oc7ccccc78)cc65)cc4)cc3)cc2)cc1. The number of aromatic nitrogens is 1. The third kappa shape index (κ3) is 7.95. The van der Waals surface area contributed by atoms with E-state index in [-0.39, 0.29) is 0 Å². The van der Waals surface area contributed by atoms with Gasteiger partial charge in [-0.3, -0.25) is 0 Å². The maximum Gasteiger partial charge on any atom is 0.143 e. The van der Waals surface area contributed by atoms with Gasteiger partial charge < -0.3 is 13.9 Å². The van der Waals surface area contributed by atoms with Crippen LogP contribution in [0.2, 0.25) is 0 Å². The monoisotopic (exact) mass is 956 g/mol. The average molecular weight is 957 g/mol. The molecule has 0 aliphatic rings. The highest BCUT2D eigenvalue weighted by molar-refractivity contribution is 6.14. The van der Waals surface area contributed by atoms with E-state index in [1.165, 1.54) is 44.2 Å². The topological polar surface area (TPSA) is 21.3 Å². The molecule has 352 valence electrons. The summed E-state index contributed by atoms with van der Waals surface area (Å²) in [6.45, 7) is 0. The van der Waals surface area contributed by atoms with E-state index < -0.39 is 0 Å². The first-order valence-electron chi connectivity index (χ1n) is 25.6. The van der Waals surface area contributed by atoms with Crippen LogP contribution in [0.3, 0.4) is 0 Å². The number of rotatable bonds is 10. The van der Waals surface area contributed by atoms with E-state index in [0.717, 1.165) is 89.1 Å². The first-order chi connectivity index (χ1) is 37.2. The first kappa shape index (κ1) is 43.8. The molecule has 14 rings (SSSR count). The number of fused-ring (bicyclic) bond motifs is 6. The minimum Gasteiger partial charge on any atom is -0.455 e. The van der Waals surface area contributed by atoms with Gasteiger partial charge in [-0.05, 0) is 122 Å². The Balaban J connectivity index is 0.831. The second-order valence-electron chi connectivity index (χ2n) is 19.2. The van der Waals surface area contributed by atoms with Gasteiger partial charge in [0, 0.05) is 49.7 Å². The Kier molecular flexibility index (Phi) is 10.8. The minimum atomic E-state index is 0.897. The van der Waals surface area contributed by atoms with Crippen molar-refractivity contribution in [2.75, 3.05) is 4.90 Å². The van der Waals surface area contributed by atoms with E-state index in [4.69, 9.17) is 4.42 Å². The van der Waals surface area contributed by atoms with Crippen LogP contribution in [-0.2, 0) is 0 Å². The lowest BCUT2D eigenvalue weighted by molar-refractivity contribution is 0.670. The van der Waals surface area contributed by atoms with Crippen LogP contribution in [0.1, 0.15) is 0 Å². The molecule has 2 aromatic heterocycles. The normalized spacial score (nSPS) is 11.5. The summed E-state index contributed by atoms with van der Waals surface area (Å²) in [5.41, 5.74) is 22.5. The molecule has 0 saturated heterocycles. The standard InChI is InChI=1S/C72H48N2O/c1-4-15-49(16-5-1)53-31-39-59(40-32-53)73(60-41-33-54(34-42-60)50-17-6-2-7-18-50)61-43-35-55(36-44-61)52-27-29-56(30-28-52)62-21-10-12-25-68(62)74-69-46-38-57(51-19-8-3-9-20-51)47-67(69)64-45-37-58(48-70(64)74)63-23-14-24-66-65-22-11-13-26-71(65)75-72(63)66/h1-48H. The summed E-state index contributed by atoms with van der Waals surface area (Å²) in [7, 11) is 0. The van der Waals surface area contributed by atoms with E-state index in [1.54, 1.807) is 0 Å². The van der Waals surface area contributed by atoms with Crippen molar-refractivity contribution in [1.29, 1.82) is 0 Å². The Labute approximate surface area is 436 Å². The van der Waals surface area contributed by atoms with Gasteiger partial charge in [0.1, 0.15) is 11.2 Å². The molecule has 0 fully saturated rings. The molecule has 14 aromatic rings. The fourth-order valence-electron chi connectivity index (χ4n) is 11.1. The summed E-state index contributed by atoms with van der Waals surface area (Å²) in [5, 5.41) is 4.66. The number of anilines is 3. The molecule has 3 heteroatoms. The molecular formula is C72H48N2O. The highest BCUT2D eigenvalue weighted by Crippen LogP contribution is 2.43. The van der Waals surface area contributed by atoms with E-state index in [0.29, 0.717) is 0 Å². The van der Waals surface area contributed by atoms with Crippen LogP contribution >= 0.6 is 0 Å². The van der Waals surface area contributed by atoms with Crippen LogP contribution in [0.5, 0.6) is 0 Å². The molecular weight excluding hydrogens is 909 g/mol. The lowest BCUT2D eigenvalue weighted by atomic mass is 9.98. The van der Waals surface area contributed by atoms with Crippen molar-refractivity contribution in [3.8, 4) is 72.4 Å². The molecule has 0 atom stereocenters. The number of furan rings is 1. The molecule has 0 spiro atoms. The van der Waals surface area contributed by atoms with E-state index in [9.17, 15) is 0 Å². The molecule has 0 aliphatic heterocycles. The second-order valence-corrected chi connectivity index (χ2v) is 19.2. The smallest absolute Gasteiger partial charge is 0.143 e. The fraction of sp³-hybridized carbons (Fsp3) is 0. The second kappa shape index (κ2) is 18.6. The molecule has 0 bridgehead atoms. The van der Waals surface area contributed by atoms with Gasteiger partial charge in [0.25, 0.3) is 0 Å². The predicted molar refractivity (Wildman–Crippen MR) is 315 cm³/mol. The zero-order valence-corrected chi connectivity index (χ0v) is 41.0. The third-order valence-corrected chi connectivity index (χ3v) is 14.9. The molecule has 0 aliphatic carbocycles. The molecule has 0 saturated carbocycles. The van der Waals surface area contributed by atoms with Crippen molar-refractivity contribution < 1.29 is 4.42 Å². The maximum atomic E-state index is 6.58. The zero-order chi connectivity index (χ0) is 49.7. The Morgan fingerprint density at radius 1 is 0.253 bits per heavy atom. The van der Waals surface area contributed by atoms with Crippen molar-refractivity contribution in [3.63, 3.8) is 0 Å². The van der Waals surface area contributed by atoms with Crippen LogP contribution < -0.4 is 4.90 Å². The molecule has 3 nitrogen and oxygen atoms in total. The van der Waals surface area contributed by atoms with Crippen molar-refractivity contribution >= 4 is 60.8 Å². The number of hydrogen-bond acceptors (Lipinski definition) is 2. The van der Waals surface area contributed by atoms with Gasteiger partial charge in [-0.1, -0.05) is 224 Å². The summed E-state index contributed by atoms with van der Waals surface area (Å²) < 4.78 is 9.04. The average Bonchev–Trinajstić information content (AvgIpc) is 4.05. The molecule has 0 unspecified atom stereocenters. The number of nitrogens with zero attached hydrogens (tertiary/aromatic N) is 2. The highest BCUT2D eigenvalue weighted by Gasteiger charge is 2.20. The minimum absolute atomic E-state index is 0.897. The Hall–Kier alpha value is -9.96. The molecule has 0 N–H and O–H groups in total. The van der Waals surface area contributed by atoms with Gasteiger partial charge in [0.2, 0.25) is 0 Å². The number of hydrogen-bond donors (Lipinski definition) is 0. The summed E-state index contributed by atoms with van der Waals surface area (Å²) in [5.74, 6) is 0. The predicted octanol–water partition coefficient (Wildman–Crippen LogP) is 20.2. The summed E-state index contributed by atoms with van der Waals surface area (Å²) in [4.78, 5) is 2.34. The van der Waals surface area contributed by atoms with E-state index in [1.807, 2.05) is 6.07 Å². The van der Waals surface area contributed by atoms with Crippen molar-refractivity contribution in [1.82, 2.24) is 4.57 Å². The van der Waals surface area contributed by atoms with Crippen LogP contribution in [0.15, 0.2) is 296 Å². The van der Waals surface area contributed by atoms with E-state index >= 15 is 0 Å². The summed E-state index contributed by atoms with van der Waals surface area (Å²) in [6, 6.07) is 105. The molecule has 12 aromatic carbocycles. The third-order valence-electron chi connectivity index (χ3n) is 14.9. The van der Waals surface area contributed by atoms with E-state index in [2.05, 4.69) is 295 Å². The lowest BCUT2D eigenvalue weighted by Crippen LogP contribution is -2.09. The Morgan fingerprint density at radius 2 is 0.693 bits per heavy atom. The molecule has 0 amide bonds. The van der Waals surface area contributed by atoms with Gasteiger partial charge in [-0.15, -0.1) is 0 Å². The Bertz CT molecular complexity index is 4260. The Morgan fingerprint density at radius 3 is 1.29 bits per heavy atom. The van der Waals surface area contributed by atoms with Gasteiger partial charge in [0.15, 0.2) is 0 Å². The lowest BCUT2D eigenvalue weighted by Gasteiger charge is -2.26. The molecule has 2 heterocycles. The van der Waals surface area contributed by atoms with Gasteiger partial charge >= 0.3 is 0 Å². The largest absolute Gasteiger partial charge is 0.455 e. The van der Waals surface area contributed by atoms with Crippen molar-refractivity contribution in [2.24, 2.45) is 0 Å².